The number of aliphatic hydroxyl groups is 1. The molecule has 0 aliphatic rings. The lowest BCUT2D eigenvalue weighted by molar-refractivity contribution is -0.128. The van der Waals surface area contributed by atoms with Gasteiger partial charge >= 0.3 is 0 Å². The quantitative estimate of drug-likeness (QED) is 0.850. The summed E-state index contributed by atoms with van der Waals surface area (Å²) >= 11 is 0. The highest BCUT2D eigenvalue weighted by molar-refractivity contribution is 5.75. The number of nitrogens with zero attached hydrogens (tertiary/aromatic N) is 1. The van der Waals surface area contributed by atoms with Crippen LogP contribution in [0, 0.1) is 6.92 Å². The van der Waals surface area contributed by atoms with Crippen LogP contribution in [-0.4, -0.2) is 30.0 Å². The number of carbonyl (C=O) groups is 1. The Morgan fingerprint density at radius 3 is 2.41 bits per heavy atom. The Hall–Kier alpha value is -1.35. The molecule has 1 aromatic rings. The van der Waals surface area contributed by atoms with Crippen LogP contribution in [0.15, 0.2) is 24.3 Å². The number of amides is 1. The maximum absolute atomic E-state index is 11.3. The molecule has 0 fully saturated rings. The van der Waals surface area contributed by atoms with E-state index in [2.05, 4.69) is 0 Å². The lowest BCUT2D eigenvalue weighted by atomic mass is 10.0. The molecular formula is C14H21NO2. The van der Waals surface area contributed by atoms with Crippen molar-refractivity contribution in [3.05, 3.63) is 35.4 Å². The fourth-order valence-corrected chi connectivity index (χ4v) is 1.63. The smallest absolute Gasteiger partial charge is 0.222 e. The standard InChI is InChI=1S/C14H21NO2/c1-11-7-9-12(10-8-11)13(16)5-4-6-14(17)15(2)3/h7-10,13,16H,4-6H2,1-3H3. The predicted octanol–water partition coefficient (Wildman–Crippen LogP) is 2.29. The third-order valence-corrected chi connectivity index (χ3v) is 2.83. The summed E-state index contributed by atoms with van der Waals surface area (Å²) in [5, 5.41) is 9.94. The predicted molar refractivity (Wildman–Crippen MR) is 68.7 cm³/mol. The van der Waals surface area contributed by atoms with Crippen LogP contribution in [0.4, 0.5) is 0 Å². The van der Waals surface area contributed by atoms with E-state index in [4.69, 9.17) is 0 Å². The van der Waals surface area contributed by atoms with Gasteiger partial charge in [0, 0.05) is 20.5 Å². The van der Waals surface area contributed by atoms with E-state index < -0.39 is 6.10 Å². The van der Waals surface area contributed by atoms with E-state index in [-0.39, 0.29) is 5.91 Å². The fourth-order valence-electron chi connectivity index (χ4n) is 1.63. The molecule has 3 heteroatoms. The van der Waals surface area contributed by atoms with Crippen LogP contribution in [0.5, 0.6) is 0 Å². The summed E-state index contributed by atoms with van der Waals surface area (Å²) in [5.41, 5.74) is 2.11. The Kier molecular flexibility index (Phi) is 5.16. The molecular weight excluding hydrogens is 214 g/mol. The van der Waals surface area contributed by atoms with E-state index in [1.54, 1.807) is 19.0 Å². The number of hydrogen-bond donors (Lipinski definition) is 1. The number of hydrogen-bond acceptors (Lipinski definition) is 2. The van der Waals surface area contributed by atoms with Crippen molar-refractivity contribution in [1.29, 1.82) is 0 Å². The van der Waals surface area contributed by atoms with Gasteiger partial charge in [0.15, 0.2) is 0 Å². The first-order valence-electron chi connectivity index (χ1n) is 5.95. The zero-order chi connectivity index (χ0) is 12.8. The first-order valence-corrected chi connectivity index (χ1v) is 5.95. The molecule has 0 aromatic heterocycles. The summed E-state index contributed by atoms with van der Waals surface area (Å²) in [6.07, 6.45) is 1.37. The summed E-state index contributed by atoms with van der Waals surface area (Å²) in [7, 11) is 3.50. The van der Waals surface area contributed by atoms with E-state index in [0.717, 1.165) is 5.56 Å². The van der Waals surface area contributed by atoms with Gasteiger partial charge in [0.1, 0.15) is 0 Å². The van der Waals surface area contributed by atoms with Gasteiger partial charge in [0.2, 0.25) is 5.91 Å². The van der Waals surface area contributed by atoms with Gasteiger partial charge in [-0.15, -0.1) is 0 Å². The molecule has 0 spiro atoms. The molecule has 0 aliphatic carbocycles. The topological polar surface area (TPSA) is 40.5 Å². The minimum Gasteiger partial charge on any atom is -0.388 e. The van der Waals surface area contributed by atoms with Crippen molar-refractivity contribution in [1.82, 2.24) is 4.90 Å². The molecule has 0 radical (unpaired) electrons. The molecule has 1 N–H and O–H groups in total. The number of aryl methyl sites for hydroxylation is 1. The Morgan fingerprint density at radius 1 is 1.29 bits per heavy atom. The molecule has 0 heterocycles. The average Bonchev–Trinajstić information content (AvgIpc) is 2.29. The lowest BCUT2D eigenvalue weighted by Crippen LogP contribution is -2.21. The van der Waals surface area contributed by atoms with Gasteiger partial charge in [-0.2, -0.15) is 0 Å². The van der Waals surface area contributed by atoms with Crippen molar-refractivity contribution in [2.45, 2.75) is 32.3 Å². The normalized spacial score (nSPS) is 12.2. The maximum atomic E-state index is 11.3. The third kappa shape index (κ3) is 4.57. The molecule has 0 saturated heterocycles. The van der Waals surface area contributed by atoms with Crippen molar-refractivity contribution < 1.29 is 9.90 Å². The molecule has 94 valence electrons. The summed E-state index contributed by atoms with van der Waals surface area (Å²) in [5.74, 6) is 0.112. The average molecular weight is 235 g/mol. The second kappa shape index (κ2) is 6.40. The molecule has 0 aliphatic heterocycles. The highest BCUT2D eigenvalue weighted by Crippen LogP contribution is 2.19. The fraction of sp³-hybridized carbons (Fsp3) is 0.500. The van der Waals surface area contributed by atoms with E-state index in [0.29, 0.717) is 19.3 Å². The van der Waals surface area contributed by atoms with Crippen molar-refractivity contribution >= 4 is 5.91 Å². The van der Waals surface area contributed by atoms with E-state index in [1.165, 1.54) is 5.56 Å². The zero-order valence-electron chi connectivity index (χ0n) is 10.8. The summed E-state index contributed by atoms with van der Waals surface area (Å²) < 4.78 is 0. The first kappa shape index (κ1) is 13.7. The Balaban J connectivity index is 2.37. The van der Waals surface area contributed by atoms with Gasteiger partial charge in [-0.25, -0.2) is 0 Å². The van der Waals surface area contributed by atoms with Crippen LogP contribution in [0.3, 0.4) is 0 Å². The van der Waals surface area contributed by atoms with Crippen molar-refractivity contribution in [2.24, 2.45) is 0 Å². The number of aliphatic hydroxyl groups excluding tert-OH is 1. The molecule has 3 nitrogen and oxygen atoms in total. The van der Waals surface area contributed by atoms with Gasteiger partial charge in [-0.1, -0.05) is 29.8 Å². The second-order valence-corrected chi connectivity index (χ2v) is 4.61. The molecule has 1 atom stereocenters. The van der Waals surface area contributed by atoms with Crippen LogP contribution >= 0.6 is 0 Å². The molecule has 1 unspecified atom stereocenters. The van der Waals surface area contributed by atoms with E-state index >= 15 is 0 Å². The van der Waals surface area contributed by atoms with Crippen LogP contribution in [0.25, 0.3) is 0 Å². The number of benzene rings is 1. The van der Waals surface area contributed by atoms with Crippen LogP contribution in [0.1, 0.15) is 36.5 Å². The number of carbonyl (C=O) groups excluding carboxylic acids is 1. The summed E-state index contributed by atoms with van der Waals surface area (Å²) in [6, 6.07) is 7.86. The highest BCUT2D eigenvalue weighted by Gasteiger charge is 2.09. The van der Waals surface area contributed by atoms with Gasteiger partial charge in [-0.3, -0.25) is 4.79 Å². The molecule has 0 saturated carbocycles. The Morgan fingerprint density at radius 2 is 1.88 bits per heavy atom. The van der Waals surface area contributed by atoms with Crippen molar-refractivity contribution in [2.75, 3.05) is 14.1 Å². The Bertz CT molecular complexity index is 357. The lowest BCUT2D eigenvalue weighted by Gasteiger charge is -2.13. The zero-order valence-corrected chi connectivity index (χ0v) is 10.8. The maximum Gasteiger partial charge on any atom is 0.222 e. The molecule has 17 heavy (non-hydrogen) atoms. The van der Waals surface area contributed by atoms with Gasteiger partial charge < -0.3 is 10.0 Å². The third-order valence-electron chi connectivity index (χ3n) is 2.83. The SMILES string of the molecule is Cc1ccc(C(O)CCCC(=O)N(C)C)cc1. The summed E-state index contributed by atoms with van der Waals surface area (Å²) in [4.78, 5) is 12.9. The highest BCUT2D eigenvalue weighted by atomic mass is 16.3. The van der Waals surface area contributed by atoms with Crippen LogP contribution in [-0.2, 0) is 4.79 Å². The van der Waals surface area contributed by atoms with Crippen molar-refractivity contribution in [3.63, 3.8) is 0 Å². The molecule has 0 bridgehead atoms. The largest absolute Gasteiger partial charge is 0.388 e. The van der Waals surface area contributed by atoms with Crippen LogP contribution in [0.2, 0.25) is 0 Å². The van der Waals surface area contributed by atoms with Gasteiger partial charge in [0.25, 0.3) is 0 Å². The van der Waals surface area contributed by atoms with E-state index in [9.17, 15) is 9.90 Å². The minimum atomic E-state index is -0.467. The van der Waals surface area contributed by atoms with Gasteiger partial charge in [-0.05, 0) is 25.3 Å². The summed E-state index contributed by atoms with van der Waals surface area (Å²) in [6.45, 7) is 2.02. The molecule has 1 aromatic carbocycles. The second-order valence-electron chi connectivity index (χ2n) is 4.61. The Labute approximate surface area is 103 Å². The first-order chi connectivity index (χ1) is 8.00. The molecule has 1 rings (SSSR count). The monoisotopic (exact) mass is 235 g/mol. The molecule has 1 amide bonds. The van der Waals surface area contributed by atoms with E-state index in [1.807, 2.05) is 31.2 Å². The van der Waals surface area contributed by atoms with Crippen molar-refractivity contribution in [3.8, 4) is 0 Å². The number of rotatable bonds is 5. The van der Waals surface area contributed by atoms with Crippen LogP contribution < -0.4 is 0 Å². The van der Waals surface area contributed by atoms with Gasteiger partial charge in [0.05, 0.1) is 6.10 Å². The minimum absolute atomic E-state index is 0.112.